The van der Waals surface area contributed by atoms with Gasteiger partial charge in [0.25, 0.3) is 0 Å². The van der Waals surface area contributed by atoms with E-state index in [1.54, 1.807) is 0 Å². The van der Waals surface area contributed by atoms with Gasteiger partial charge in [0.1, 0.15) is 0 Å². The molecular weight excluding hydrogens is 250 g/mol. The number of rotatable bonds is 4. The third-order valence-electron chi connectivity index (χ3n) is 6.11. The van der Waals surface area contributed by atoms with Crippen LogP contribution >= 0.6 is 0 Å². The third-order valence-corrected chi connectivity index (χ3v) is 6.11. The van der Waals surface area contributed by atoms with E-state index in [-0.39, 0.29) is 6.04 Å². The van der Waals surface area contributed by atoms with Crippen molar-refractivity contribution in [2.75, 3.05) is 6.54 Å². The van der Waals surface area contributed by atoms with E-state index in [1.165, 1.54) is 57.8 Å². The Labute approximate surface area is 123 Å². The van der Waals surface area contributed by atoms with Gasteiger partial charge in [-0.2, -0.15) is 0 Å². The highest BCUT2D eigenvalue weighted by Crippen LogP contribution is 2.40. The molecule has 0 aromatic carbocycles. The fourth-order valence-electron chi connectivity index (χ4n) is 4.89. The standard InChI is InChI=1S/C17H31NO2/c19-15-10-14(13-8-2-1-3-9-13)16(17(15)20)18-11-12-6-4-5-7-12/h12-20H,1-11H2/t14-,15-,16-,17-/m1/s1. The zero-order valence-electron chi connectivity index (χ0n) is 12.6. The van der Waals surface area contributed by atoms with E-state index in [1.807, 2.05) is 0 Å². The molecule has 3 N–H and O–H groups in total. The minimum atomic E-state index is -0.552. The van der Waals surface area contributed by atoms with Gasteiger partial charge in [-0.3, -0.25) is 0 Å². The average Bonchev–Trinajstić information content (AvgIpc) is 3.08. The minimum absolute atomic E-state index is 0.133. The average molecular weight is 281 g/mol. The highest BCUT2D eigenvalue weighted by molar-refractivity contribution is 4.99. The van der Waals surface area contributed by atoms with Crippen LogP contribution in [0, 0.1) is 17.8 Å². The molecule has 116 valence electrons. The number of hydrogen-bond acceptors (Lipinski definition) is 3. The molecule has 0 aromatic rings. The maximum absolute atomic E-state index is 10.3. The molecule has 0 aliphatic heterocycles. The Kier molecular flexibility index (Phi) is 5.00. The molecule has 0 heterocycles. The fraction of sp³-hybridized carbons (Fsp3) is 1.00. The number of hydrogen-bond donors (Lipinski definition) is 3. The van der Waals surface area contributed by atoms with Gasteiger partial charge >= 0.3 is 0 Å². The molecular formula is C17H31NO2. The highest BCUT2D eigenvalue weighted by Gasteiger charge is 2.44. The molecule has 0 aromatic heterocycles. The van der Waals surface area contributed by atoms with Gasteiger partial charge in [0, 0.05) is 6.04 Å². The molecule has 0 amide bonds. The van der Waals surface area contributed by atoms with Gasteiger partial charge in [0.2, 0.25) is 0 Å². The van der Waals surface area contributed by atoms with Crippen molar-refractivity contribution >= 4 is 0 Å². The van der Waals surface area contributed by atoms with Crippen molar-refractivity contribution in [2.24, 2.45) is 17.8 Å². The summed E-state index contributed by atoms with van der Waals surface area (Å²) in [5.74, 6) is 2.00. The van der Waals surface area contributed by atoms with E-state index in [0.29, 0.717) is 5.92 Å². The van der Waals surface area contributed by atoms with Crippen LogP contribution in [0.25, 0.3) is 0 Å². The largest absolute Gasteiger partial charge is 0.390 e. The van der Waals surface area contributed by atoms with Crippen LogP contribution < -0.4 is 5.32 Å². The SMILES string of the molecule is O[C@H]1[C@H](NCC2CCCC2)[C@@H](C2CCCCC2)C[C@H]1O. The second-order valence-corrected chi connectivity index (χ2v) is 7.44. The van der Waals surface area contributed by atoms with Crippen LogP contribution in [0.3, 0.4) is 0 Å². The molecule has 0 unspecified atom stereocenters. The fourth-order valence-corrected chi connectivity index (χ4v) is 4.89. The summed E-state index contributed by atoms with van der Waals surface area (Å²) in [6.45, 7) is 1.04. The van der Waals surface area contributed by atoms with E-state index in [4.69, 9.17) is 0 Å². The molecule has 0 saturated heterocycles. The van der Waals surface area contributed by atoms with Gasteiger partial charge in [-0.1, -0.05) is 44.9 Å². The van der Waals surface area contributed by atoms with Crippen molar-refractivity contribution < 1.29 is 10.2 Å². The highest BCUT2D eigenvalue weighted by atomic mass is 16.3. The van der Waals surface area contributed by atoms with Crippen molar-refractivity contribution in [1.29, 1.82) is 0 Å². The first-order valence-electron chi connectivity index (χ1n) is 8.85. The molecule has 3 nitrogen and oxygen atoms in total. The predicted octanol–water partition coefficient (Wildman–Crippen LogP) is 2.46. The van der Waals surface area contributed by atoms with Crippen molar-refractivity contribution in [3.8, 4) is 0 Å². The molecule has 0 radical (unpaired) electrons. The first kappa shape index (κ1) is 14.8. The summed E-state index contributed by atoms with van der Waals surface area (Å²) in [4.78, 5) is 0. The first-order chi connectivity index (χ1) is 9.75. The van der Waals surface area contributed by atoms with Crippen LogP contribution in [0.4, 0.5) is 0 Å². The van der Waals surface area contributed by atoms with Crippen LogP contribution in [-0.4, -0.2) is 35.0 Å². The second kappa shape index (κ2) is 6.76. The van der Waals surface area contributed by atoms with Crippen LogP contribution in [0.15, 0.2) is 0 Å². The molecule has 3 saturated carbocycles. The Balaban J connectivity index is 1.58. The number of aliphatic hydroxyl groups is 2. The lowest BCUT2D eigenvalue weighted by Crippen LogP contribution is -2.46. The Morgan fingerprint density at radius 2 is 1.50 bits per heavy atom. The van der Waals surface area contributed by atoms with Crippen molar-refractivity contribution in [1.82, 2.24) is 5.32 Å². The molecule has 20 heavy (non-hydrogen) atoms. The van der Waals surface area contributed by atoms with Crippen LogP contribution in [0.2, 0.25) is 0 Å². The second-order valence-electron chi connectivity index (χ2n) is 7.44. The van der Waals surface area contributed by atoms with Crippen LogP contribution in [0.1, 0.15) is 64.2 Å². The van der Waals surface area contributed by atoms with Gasteiger partial charge in [-0.25, -0.2) is 0 Å². The maximum Gasteiger partial charge on any atom is 0.0954 e. The maximum atomic E-state index is 10.3. The third kappa shape index (κ3) is 3.20. The molecule has 4 atom stereocenters. The molecule has 3 aliphatic rings. The van der Waals surface area contributed by atoms with E-state index in [9.17, 15) is 10.2 Å². The van der Waals surface area contributed by atoms with E-state index < -0.39 is 12.2 Å². The lowest BCUT2D eigenvalue weighted by atomic mass is 9.77. The van der Waals surface area contributed by atoms with Crippen LogP contribution in [-0.2, 0) is 0 Å². The topological polar surface area (TPSA) is 52.5 Å². The summed E-state index contributed by atoms with van der Waals surface area (Å²) < 4.78 is 0. The Hall–Kier alpha value is -0.120. The monoisotopic (exact) mass is 281 g/mol. The summed E-state index contributed by atoms with van der Waals surface area (Å²) in [6.07, 6.45) is 11.8. The molecule has 3 fully saturated rings. The molecule has 3 aliphatic carbocycles. The summed E-state index contributed by atoms with van der Waals surface area (Å²) in [6, 6.07) is 0.133. The first-order valence-corrected chi connectivity index (χ1v) is 8.85. The Bertz CT molecular complexity index is 297. The summed E-state index contributed by atoms with van der Waals surface area (Å²) in [5.41, 5.74) is 0. The summed E-state index contributed by atoms with van der Waals surface area (Å²) >= 11 is 0. The van der Waals surface area contributed by atoms with Crippen molar-refractivity contribution in [2.45, 2.75) is 82.5 Å². The van der Waals surface area contributed by atoms with Crippen molar-refractivity contribution in [3.05, 3.63) is 0 Å². The van der Waals surface area contributed by atoms with Crippen LogP contribution in [0.5, 0.6) is 0 Å². The minimum Gasteiger partial charge on any atom is -0.390 e. The molecule has 0 spiro atoms. The normalized spacial score (nSPS) is 40.5. The lowest BCUT2D eigenvalue weighted by molar-refractivity contribution is 0.0283. The summed E-state index contributed by atoms with van der Waals surface area (Å²) in [7, 11) is 0. The quantitative estimate of drug-likeness (QED) is 0.742. The Morgan fingerprint density at radius 1 is 0.850 bits per heavy atom. The van der Waals surface area contributed by atoms with E-state index >= 15 is 0 Å². The van der Waals surface area contributed by atoms with E-state index in [0.717, 1.165) is 24.8 Å². The number of aliphatic hydroxyl groups excluding tert-OH is 2. The molecule has 3 heteroatoms. The Morgan fingerprint density at radius 3 is 2.20 bits per heavy atom. The van der Waals surface area contributed by atoms with Crippen molar-refractivity contribution in [3.63, 3.8) is 0 Å². The lowest BCUT2D eigenvalue weighted by Gasteiger charge is -2.33. The smallest absolute Gasteiger partial charge is 0.0954 e. The molecule has 0 bridgehead atoms. The molecule has 3 rings (SSSR count). The van der Waals surface area contributed by atoms with Gasteiger partial charge < -0.3 is 15.5 Å². The zero-order chi connectivity index (χ0) is 13.9. The number of nitrogens with one attached hydrogen (secondary N) is 1. The van der Waals surface area contributed by atoms with Gasteiger partial charge in [0.05, 0.1) is 12.2 Å². The van der Waals surface area contributed by atoms with Gasteiger partial charge in [0.15, 0.2) is 0 Å². The van der Waals surface area contributed by atoms with E-state index in [2.05, 4.69) is 5.32 Å². The van der Waals surface area contributed by atoms with Gasteiger partial charge in [-0.05, 0) is 43.6 Å². The zero-order valence-corrected chi connectivity index (χ0v) is 12.6. The summed E-state index contributed by atoms with van der Waals surface area (Å²) in [5, 5.41) is 24.0. The predicted molar refractivity (Wildman–Crippen MR) is 80.4 cm³/mol. The van der Waals surface area contributed by atoms with Gasteiger partial charge in [-0.15, -0.1) is 0 Å².